The standard InChI is InChI=1S/C15H17F2NO2/c1-8-4-12(14(17)7-13(8)16)15(20)18-9-2-3-10(18)6-11(19)5-9/h4,7,9-11,19H,2-3,5-6H2,1H3. The highest BCUT2D eigenvalue weighted by Crippen LogP contribution is 2.37. The molecule has 1 aromatic rings. The van der Waals surface area contributed by atoms with Crippen molar-refractivity contribution in [2.45, 2.75) is 50.8 Å². The monoisotopic (exact) mass is 281 g/mol. The molecule has 1 amide bonds. The van der Waals surface area contributed by atoms with Crippen LogP contribution in [0.3, 0.4) is 0 Å². The van der Waals surface area contributed by atoms with Crippen LogP contribution in [0.2, 0.25) is 0 Å². The molecule has 2 unspecified atom stereocenters. The molecule has 2 aliphatic rings. The zero-order valence-electron chi connectivity index (χ0n) is 11.3. The molecule has 3 nitrogen and oxygen atoms in total. The van der Waals surface area contributed by atoms with E-state index in [-0.39, 0.29) is 35.2 Å². The summed E-state index contributed by atoms with van der Waals surface area (Å²) in [5, 5.41) is 9.73. The van der Waals surface area contributed by atoms with Gasteiger partial charge in [0.15, 0.2) is 0 Å². The van der Waals surface area contributed by atoms with Crippen LogP contribution in [0.15, 0.2) is 12.1 Å². The fourth-order valence-electron chi connectivity index (χ4n) is 3.44. The maximum atomic E-state index is 13.9. The summed E-state index contributed by atoms with van der Waals surface area (Å²) < 4.78 is 27.1. The first-order valence-corrected chi connectivity index (χ1v) is 6.93. The van der Waals surface area contributed by atoms with E-state index in [9.17, 15) is 18.7 Å². The van der Waals surface area contributed by atoms with E-state index in [2.05, 4.69) is 0 Å². The van der Waals surface area contributed by atoms with Crippen LogP contribution in [0.1, 0.15) is 41.6 Å². The second-order valence-electron chi connectivity index (χ2n) is 5.80. The van der Waals surface area contributed by atoms with E-state index in [1.807, 2.05) is 0 Å². The highest BCUT2D eigenvalue weighted by Gasteiger charge is 2.43. The third-order valence-electron chi connectivity index (χ3n) is 4.42. The Morgan fingerprint density at radius 2 is 1.80 bits per heavy atom. The van der Waals surface area contributed by atoms with Crippen molar-refractivity contribution in [1.82, 2.24) is 4.90 Å². The third kappa shape index (κ3) is 2.10. The van der Waals surface area contributed by atoms with E-state index in [0.717, 1.165) is 18.9 Å². The Kier molecular flexibility index (Phi) is 3.24. The molecule has 0 radical (unpaired) electrons. The number of fused-ring (bicyclic) bond motifs is 2. The number of carbonyl (C=O) groups is 1. The zero-order chi connectivity index (χ0) is 14.4. The van der Waals surface area contributed by atoms with Gasteiger partial charge in [-0.15, -0.1) is 0 Å². The topological polar surface area (TPSA) is 40.5 Å². The Morgan fingerprint density at radius 1 is 1.20 bits per heavy atom. The summed E-state index contributed by atoms with van der Waals surface area (Å²) in [5.74, 6) is -1.84. The molecule has 108 valence electrons. The van der Waals surface area contributed by atoms with Crippen LogP contribution < -0.4 is 0 Å². The second kappa shape index (κ2) is 4.81. The summed E-state index contributed by atoms with van der Waals surface area (Å²) in [6.45, 7) is 1.51. The number of carbonyl (C=O) groups excluding carboxylic acids is 1. The summed E-state index contributed by atoms with van der Waals surface area (Å²) in [7, 11) is 0. The number of benzene rings is 1. The van der Waals surface area contributed by atoms with Gasteiger partial charge < -0.3 is 10.0 Å². The van der Waals surface area contributed by atoms with Gasteiger partial charge in [0.25, 0.3) is 5.91 Å². The summed E-state index contributed by atoms with van der Waals surface area (Å²) in [6, 6.07) is 1.99. The van der Waals surface area contributed by atoms with Crippen molar-refractivity contribution in [3.8, 4) is 0 Å². The molecule has 2 saturated heterocycles. The first-order chi connectivity index (χ1) is 9.47. The van der Waals surface area contributed by atoms with Gasteiger partial charge in [-0.05, 0) is 44.2 Å². The van der Waals surface area contributed by atoms with Crippen molar-refractivity contribution in [3.63, 3.8) is 0 Å². The van der Waals surface area contributed by atoms with Gasteiger partial charge in [-0.2, -0.15) is 0 Å². The highest BCUT2D eigenvalue weighted by atomic mass is 19.1. The summed E-state index contributed by atoms with van der Waals surface area (Å²) in [6.07, 6.45) is 2.40. The van der Waals surface area contributed by atoms with Crippen molar-refractivity contribution >= 4 is 5.91 Å². The van der Waals surface area contributed by atoms with Crippen molar-refractivity contribution in [1.29, 1.82) is 0 Å². The molecule has 2 aliphatic heterocycles. The quantitative estimate of drug-likeness (QED) is 0.858. The fourth-order valence-corrected chi connectivity index (χ4v) is 3.44. The minimum Gasteiger partial charge on any atom is -0.393 e. The minimum atomic E-state index is -0.816. The first kappa shape index (κ1) is 13.5. The van der Waals surface area contributed by atoms with E-state index < -0.39 is 11.6 Å². The van der Waals surface area contributed by atoms with E-state index in [1.54, 1.807) is 4.90 Å². The Balaban J connectivity index is 1.92. The van der Waals surface area contributed by atoms with Gasteiger partial charge in [0.2, 0.25) is 0 Å². The van der Waals surface area contributed by atoms with Gasteiger partial charge in [0.05, 0.1) is 11.7 Å². The smallest absolute Gasteiger partial charge is 0.257 e. The molecular formula is C15H17F2NO2. The molecule has 1 N–H and O–H groups in total. The number of amides is 1. The number of aliphatic hydroxyl groups is 1. The molecule has 2 atom stereocenters. The van der Waals surface area contributed by atoms with Crippen molar-refractivity contribution in [3.05, 3.63) is 34.9 Å². The summed E-state index contributed by atoms with van der Waals surface area (Å²) >= 11 is 0. The second-order valence-corrected chi connectivity index (χ2v) is 5.80. The van der Waals surface area contributed by atoms with E-state index >= 15 is 0 Å². The molecule has 0 aliphatic carbocycles. The fraction of sp³-hybridized carbons (Fsp3) is 0.533. The molecule has 0 aromatic heterocycles. The lowest BCUT2D eigenvalue weighted by Gasteiger charge is -2.37. The van der Waals surface area contributed by atoms with E-state index in [0.29, 0.717) is 12.8 Å². The van der Waals surface area contributed by atoms with Gasteiger partial charge in [-0.25, -0.2) is 8.78 Å². The maximum Gasteiger partial charge on any atom is 0.257 e. The van der Waals surface area contributed by atoms with Gasteiger partial charge in [0, 0.05) is 18.2 Å². The summed E-state index contributed by atoms with van der Waals surface area (Å²) in [4.78, 5) is 14.2. The number of aliphatic hydroxyl groups excluding tert-OH is 1. The largest absolute Gasteiger partial charge is 0.393 e. The molecule has 2 bridgehead atoms. The van der Waals surface area contributed by atoms with Crippen molar-refractivity contribution < 1.29 is 18.7 Å². The van der Waals surface area contributed by atoms with Gasteiger partial charge >= 0.3 is 0 Å². The maximum absolute atomic E-state index is 13.9. The highest BCUT2D eigenvalue weighted by molar-refractivity contribution is 5.95. The van der Waals surface area contributed by atoms with Crippen LogP contribution in [-0.4, -0.2) is 34.1 Å². The lowest BCUT2D eigenvalue weighted by atomic mass is 9.98. The number of piperidine rings is 1. The molecule has 3 rings (SSSR count). The third-order valence-corrected chi connectivity index (χ3v) is 4.42. The number of nitrogens with zero attached hydrogens (tertiary/aromatic N) is 1. The van der Waals surface area contributed by atoms with Crippen LogP contribution in [0, 0.1) is 18.6 Å². The van der Waals surface area contributed by atoms with Crippen LogP contribution >= 0.6 is 0 Å². The molecule has 0 saturated carbocycles. The van der Waals surface area contributed by atoms with Crippen LogP contribution in [0.5, 0.6) is 0 Å². The zero-order valence-corrected chi connectivity index (χ0v) is 11.3. The van der Waals surface area contributed by atoms with Gasteiger partial charge in [0.1, 0.15) is 11.6 Å². The molecule has 5 heteroatoms. The number of hydrogen-bond donors (Lipinski definition) is 1. The number of hydrogen-bond acceptors (Lipinski definition) is 2. The average Bonchev–Trinajstić information content (AvgIpc) is 2.65. The van der Waals surface area contributed by atoms with Crippen molar-refractivity contribution in [2.24, 2.45) is 0 Å². The lowest BCUT2D eigenvalue weighted by molar-refractivity contribution is 0.0283. The van der Waals surface area contributed by atoms with Crippen molar-refractivity contribution in [2.75, 3.05) is 0 Å². The molecule has 20 heavy (non-hydrogen) atoms. The average molecular weight is 281 g/mol. The Hall–Kier alpha value is -1.49. The number of halogens is 2. The minimum absolute atomic E-state index is 0.0268. The Bertz CT molecular complexity index is 547. The lowest BCUT2D eigenvalue weighted by Crippen LogP contribution is -2.48. The Morgan fingerprint density at radius 3 is 2.40 bits per heavy atom. The SMILES string of the molecule is Cc1cc(C(=O)N2C3CCC2CC(O)C3)c(F)cc1F. The van der Waals surface area contributed by atoms with E-state index in [4.69, 9.17) is 0 Å². The van der Waals surface area contributed by atoms with Crippen LogP contribution in [0.4, 0.5) is 8.78 Å². The number of rotatable bonds is 1. The van der Waals surface area contributed by atoms with Gasteiger partial charge in [-0.3, -0.25) is 4.79 Å². The molecular weight excluding hydrogens is 264 g/mol. The summed E-state index contributed by atoms with van der Waals surface area (Å²) in [5.41, 5.74) is 0.191. The molecule has 2 heterocycles. The van der Waals surface area contributed by atoms with Crippen LogP contribution in [-0.2, 0) is 0 Å². The van der Waals surface area contributed by atoms with Gasteiger partial charge in [-0.1, -0.05) is 0 Å². The van der Waals surface area contributed by atoms with Crippen LogP contribution in [0.25, 0.3) is 0 Å². The molecule has 0 spiro atoms. The number of aryl methyl sites for hydroxylation is 1. The molecule has 2 fully saturated rings. The molecule has 1 aromatic carbocycles. The first-order valence-electron chi connectivity index (χ1n) is 6.93. The predicted molar refractivity (Wildman–Crippen MR) is 69.3 cm³/mol. The Labute approximate surface area is 116 Å². The predicted octanol–water partition coefficient (Wildman–Crippen LogP) is 2.40. The van der Waals surface area contributed by atoms with E-state index in [1.165, 1.54) is 13.0 Å². The normalized spacial score (nSPS) is 28.8.